The zero-order valence-corrected chi connectivity index (χ0v) is 20.3. The van der Waals surface area contributed by atoms with Gasteiger partial charge in [0.15, 0.2) is 0 Å². The predicted molar refractivity (Wildman–Crippen MR) is 127 cm³/mol. The lowest BCUT2D eigenvalue weighted by atomic mass is 9.63. The van der Waals surface area contributed by atoms with E-state index in [-0.39, 0.29) is 34.7 Å². The molecule has 0 bridgehead atoms. The van der Waals surface area contributed by atoms with Gasteiger partial charge in [0.1, 0.15) is 17.3 Å². The molecule has 184 valence electrons. The third kappa shape index (κ3) is 4.47. The topological polar surface area (TPSA) is 92.1 Å². The van der Waals surface area contributed by atoms with Gasteiger partial charge in [-0.15, -0.1) is 0 Å². The molecule has 0 aliphatic heterocycles. The molecule has 2 heterocycles. The van der Waals surface area contributed by atoms with Gasteiger partial charge in [0.2, 0.25) is 0 Å². The number of amides is 1. The summed E-state index contributed by atoms with van der Waals surface area (Å²) in [5.41, 5.74) is 1.21. The number of benzene rings is 1. The van der Waals surface area contributed by atoms with Crippen molar-refractivity contribution in [2.24, 2.45) is 5.92 Å². The summed E-state index contributed by atoms with van der Waals surface area (Å²) >= 11 is 0. The Hall–Kier alpha value is -3.49. The van der Waals surface area contributed by atoms with Gasteiger partial charge in [0.05, 0.1) is 17.0 Å². The number of hydrogen-bond acceptors (Lipinski definition) is 6. The summed E-state index contributed by atoms with van der Waals surface area (Å²) in [6, 6.07) is 6.49. The van der Waals surface area contributed by atoms with Crippen LogP contribution in [0.25, 0.3) is 11.3 Å². The van der Waals surface area contributed by atoms with Crippen molar-refractivity contribution in [1.29, 1.82) is 0 Å². The molecule has 0 radical (unpaired) electrons. The number of rotatable bonds is 6. The highest BCUT2D eigenvalue weighted by atomic mass is 19.1. The van der Waals surface area contributed by atoms with Gasteiger partial charge in [0, 0.05) is 24.7 Å². The summed E-state index contributed by atoms with van der Waals surface area (Å²) in [6.07, 6.45) is 2.95. The van der Waals surface area contributed by atoms with E-state index >= 15 is 0 Å². The molecule has 0 saturated heterocycles. The van der Waals surface area contributed by atoms with E-state index in [9.17, 15) is 18.7 Å². The summed E-state index contributed by atoms with van der Waals surface area (Å²) in [4.78, 5) is 22.5. The number of likely N-dealkylation sites (N-methyl/N-ethyl adjacent to an activating group) is 1. The van der Waals surface area contributed by atoms with Crippen LogP contribution in [0.5, 0.6) is 6.01 Å². The third-order valence-electron chi connectivity index (χ3n) is 7.18. The average Bonchev–Trinajstić information content (AvgIpc) is 2.83. The first-order valence-corrected chi connectivity index (χ1v) is 11.8. The van der Waals surface area contributed by atoms with Crippen LogP contribution in [0.2, 0.25) is 0 Å². The van der Waals surface area contributed by atoms with Gasteiger partial charge >= 0.3 is 6.01 Å². The minimum atomic E-state index is -0.686. The van der Waals surface area contributed by atoms with Crippen molar-refractivity contribution in [3.63, 3.8) is 0 Å². The molecule has 2 aromatic heterocycles. The largest absolute Gasteiger partial charge is 0.479 e. The molecule has 1 aromatic carbocycles. The molecular formula is C26H29F2N5O2. The summed E-state index contributed by atoms with van der Waals surface area (Å²) in [7, 11) is 0. The Bertz CT molecular complexity index is 1230. The fourth-order valence-corrected chi connectivity index (χ4v) is 4.98. The summed E-state index contributed by atoms with van der Waals surface area (Å²) in [5, 5.41) is 18.4. The highest BCUT2D eigenvalue weighted by Crippen LogP contribution is 2.47. The Kier molecular flexibility index (Phi) is 6.78. The average molecular weight is 482 g/mol. The number of nitrogens with zero attached hydrogens (tertiary/aromatic N) is 5. The van der Waals surface area contributed by atoms with E-state index in [1.165, 1.54) is 30.5 Å². The second-order valence-electron chi connectivity index (χ2n) is 9.44. The lowest BCUT2D eigenvalue weighted by Gasteiger charge is -2.45. The number of halogens is 2. The van der Waals surface area contributed by atoms with Gasteiger partial charge in [-0.2, -0.15) is 15.2 Å². The van der Waals surface area contributed by atoms with Crippen LogP contribution in [0.3, 0.4) is 0 Å². The zero-order valence-electron chi connectivity index (χ0n) is 20.3. The molecule has 1 aliphatic carbocycles. The number of fused-ring (bicyclic) bond motifs is 1. The molecule has 4 rings (SSSR count). The summed E-state index contributed by atoms with van der Waals surface area (Å²) < 4.78 is 28.9. The first kappa shape index (κ1) is 24.6. The maximum Gasteiger partial charge on any atom is 0.314 e. The third-order valence-corrected chi connectivity index (χ3v) is 7.18. The van der Waals surface area contributed by atoms with Crippen molar-refractivity contribution in [2.75, 3.05) is 13.1 Å². The highest BCUT2D eigenvalue weighted by Gasteiger charge is 2.45. The van der Waals surface area contributed by atoms with Gasteiger partial charge < -0.3 is 10.0 Å². The van der Waals surface area contributed by atoms with Crippen LogP contribution in [0.15, 0.2) is 36.5 Å². The van der Waals surface area contributed by atoms with E-state index in [1.54, 1.807) is 11.0 Å². The van der Waals surface area contributed by atoms with E-state index in [0.717, 1.165) is 24.1 Å². The van der Waals surface area contributed by atoms with Crippen molar-refractivity contribution in [3.8, 4) is 17.3 Å². The van der Waals surface area contributed by atoms with Gasteiger partial charge in [0.25, 0.3) is 5.91 Å². The van der Waals surface area contributed by atoms with E-state index in [4.69, 9.17) is 0 Å². The highest BCUT2D eigenvalue weighted by molar-refractivity contribution is 5.92. The molecule has 0 spiro atoms. The maximum atomic E-state index is 14.5. The molecule has 0 fully saturated rings. The smallest absolute Gasteiger partial charge is 0.314 e. The number of carbonyl (C=O) groups excluding carboxylic acids is 1. The van der Waals surface area contributed by atoms with Crippen molar-refractivity contribution in [1.82, 2.24) is 25.1 Å². The fourth-order valence-electron chi connectivity index (χ4n) is 4.98. The Morgan fingerprint density at radius 2 is 1.94 bits per heavy atom. The Labute approximate surface area is 203 Å². The fraction of sp³-hybridized carbons (Fsp3) is 0.423. The molecule has 35 heavy (non-hydrogen) atoms. The lowest BCUT2D eigenvalue weighted by Crippen LogP contribution is -2.49. The van der Waals surface area contributed by atoms with Crippen LogP contribution in [0.4, 0.5) is 8.78 Å². The molecule has 1 aliphatic rings. The van der Waals surface area contributed by atoms with E-state index in [2.05, 4.69) is 40.9 Å². The number of carbonyl (C=O) groups is 1. The minimum Gasteiger partial charge on any atom is -0.479 e. The van der Waals surface area contributed by atoms with E-state index in [1.807, 2.05) is 6.92 Å². The van der Waals surface area contributed by atoms with Crippen LogP contribution in [-0.2, 0) is 5.41 Å². The number of hydrogen-bond donors (Lipinski definition) is 1. The first-order valence-electron chi connectivity index (χ1n) is 11.8. The number of aromatic nitrogens is 4. The van der Waals surface area contributed by atoms with Gasteiger partial charge in [-0.1, -0.05) is 26.8 Å². The Morgan fingerprint density at radius 1 is 1.23 bits per heavy atom. The second-order valence-corrected chi connectivity index (χ2v) is 9.44. The van der Waals surface area contributed by atoms with Crippen LogP contribution < -0.4 is 0 Å². The molecule has 1 N–H and O–H groups in total. The number of aromatic hydroxyl groups is 1. The van der Waals surface area contributed by atoms with Gasteiger partial charge in [-0.3, -0.25) is 4.79 Å². The predicted octanol–water partition coefficient (Wildman–Crippen LogP) is 4.87. The lowest BCUT2D eigenvalue weighted by molar-refractivity contribution is 0.0662. The molecule has 9 heteroatoms. The second kappa shape index (κ2) is 9.64. The molecule has 0 saturated carbocycles. The van der Waals surface area contributed by atoms with Crippen LogP contribution in [0.1, 0.15) is 68.2 Å². The first-order chi connectivity index (χ1) is 16.7. The minimum absolute atomic E-state index is 0.0970. The van der Waals surface area contributed by atoms with Crippen molar-refractivity contribution in [2.45, 2.75) is 51.9 Å². The quantitative estimate of drug-likeness (QED) is 0.540. The van der Waals surface area contributed by atoms with Crippen molar-refractivity contribution in [3.05, 3.63) is 65.1 Å². The maximum absolute atomic E-state index is 14.5. The molecule has 3 aromatic rings. The van der Waals surface area contributed by atoms with Crippen LogP contribution in [0, 0.1) is 17.6 Å². The van der Waals surface area contributed by atoms with Crippen LogP contribution >= 0.6 is 0 Å². The Morgan fingerprint density at radius 3 is 2.57 bits per heavy atom. The summed E-state index contributed by atoms with van der Waals surface area (Å²) in [6.45, 7) is 8.91. The van der Waals surface area contributed by atoms with Gasteiger partial charge in [-0.25, -0.2) is 13.8 Å². The summed E-state index contributed by atoms with van der Waals surface area (Å²) in [5.74, 6) is -1.48. The van der Waals surface area contributed by atoms with Crippen LogP contribution in [-0.4, -0.2) is 49.2 Å². The normalized spacial score (nSPS) is 19.5. The Balaban J connectivity index is 1.78. The molecular weight excluding hydrogens is 452 g/mol. The molecule has 1 amide bonds. The molecule has 2 atom stereocenters. The van der Waals surface area contributed by atoms with E-state index < -0.39 is 23.1 Å². The monoisotopic (exact) mass is 481 g/mol. The van der Waals surface area contributed by atoms with Crippen molar-refractivity contribution >= 4 is 5.91 Å². The van der Waals surface area contributed by atoms with E-state index in [0.29, 0.717) is 13.1 Å². The zero-order chi connectivity index (χ0) is 25.3. The van der Waals surface area contributed by atoms with Crippen molar-refractivity contribution < 1.29 is 18.7 Å². The SMILES string of the molecule is CCN(C[C@@]1(C(C)C)CC[C@H](C)c2cc(-c3c(F)cccc3F)nnc21)C(=O)c1ccnc(O)n1. The molecule has 0 unspecified atom stereocenters. The van der Waals surface area contributed by atoms with Gasteiger partial charge in [-0.05, 0) is 61.4 Å². The standard InChI is InChI=1S/C26H29F2N5O2/c1-5-33(24(34)20-10-12-29-25(35)30-20)14-26(15(2)3)11-9-16(4)17-13-21(31-32-23(17)26)22-18(27)7-6-8-19(22)28/h6-8,10,12-13,15-16H,5,9,11,14H2,1-4H3,(H,29,30,35)/t16-,26+/m0/s1. The molecule has 7 nitrogen and oxygen atoms in total.